The molecule has 3 N–H and O–H groups in total. The summed E-state index contributed by atoms with van der Waals surface area (Å²) in [7, 11) is -3.76. The van der Waals surface area contributed by atoms with Crippen molar-refractivity contribution in [3.8, 4) is 0 Å². The van der Waals surface area contributed by atoms with Crippen molar-refractivity contribution in [2.75, 3.05) is 17.8 Å². The smallest absolute Gasteiger partial charge is 0.261 e. The van der Waals surface area contributed by atoms with Crippen molar-refractivity contribution in [1.82, 2.24) is 10.6 Å². The molecule has 3 rings (SSSR count). The molecule has 1 amide bonds. The van der Waals surface area contributed by atoms with Crippen LogP contribution in [0.25, 0.3) is 0 Å². The maximum absolute atomic E-state index is 12.6. The first-order valence-electron chi connectivity index (χ1n) is 8.66. The molecule has 6 nitrogen and oxygen atoms in total. The highest BCUT2D eigenvalue weighted by Crippen LogP contribution is 2.20. The van der Waals surface area contributed by atoms with Gasteiger partial charge in [-0.25, -0.2) is 8.42 Å². The van der Waals surface area contributed by atoms with Gasteiger partial charge >= 0.3 is 0 Å². The van der Waals surface area contributed by atoms with E-state index in [1.54, 1.807) is 48.5 Å². The number of carbonyl (C=O) groups excluding carboxylic acids is 1. The van der Waals surface area contributed by atoms with Crippen LogP contribution >= 0.6 is 0 Å². The lowest BCUT2D eigenvalue weighted by Gasteiger charge is -2.15. The van der Waals surface area contributed by atoms with E-state index < -0.39 is 10.0 Å². The third-order valence-corrected chi connectivity index (χ3v) is 5.80. The predicted octanol–water partition coefficient (Wildman–Crippen LogP) is 2.28. The van der Waals surface area contributed by atoms with E-state index in [1.807, 2.05) is 6.92 Å². The summed E-state index contributed by atoms with van der Waals surface area (Å²) in [5.41, 5.74) is 1.55. The Bertz CT molecular complexity index is 873. The van der Waals surface area contributed by atoms with E-state index in [2.05, 4.69) is 15.4 Å². The van der Waals surface area contributed by atoms with E-state index >= 15 is 0 Å². The molecule has 1 saturated heterocycles. The van der Waals surface area contributed by atoms with E-state index in [9.17, 15) is 13.2 Å². The zero-order valence-corrected chi connectivity index (χ0v) is 15.5. The lowest BCUT2D eigenvalue weighted by molar-refractivity contribution is 0.0951. The molecule has 26 heavy (non-hydrogen) atoms. The number of anilines is 1. The zero-order chi connectivity index (χ0) is 18.6. The third kappa shape index (κ3) is 4.42. The van der Waals surface area contributed by atoms with Gasteiger partial charge in [0.25, 0.3) is 15.9 Å². The molecular formula is C19H23N3O3S. The Morgan fingerprint density at radius 3 is 2.58 bits per heavy atom. The van der Waals surface area contributed by atoms with Gasteiger partial charge in [0.2, 0.25) is 0 Å². The van der Waals surface area contributed by atoms with Gasteiger partial charge in [0.1, 0.15) is 0 Å². The Kier molecular flexibility index (Phi) is 5.58. The molecule has 1 heterocycles. The second-order valence-electron chi connectivity index (χ2n) is 6.47. The molecule has 0 unspecified atom stereocenters. The van der Waals surface area contributed by atoms with Crippen LogP contribution in [0.15, 0.2) is 53.4 Å². The molecule has 0 radical (unpaired) electrons. The van der Waals surface area contributed by atoms with Crippen molar-refractivity contribution in [1.29, 1.82) is 0 Å². The molecule has 0 aliphatic carbocycles. The van der Waals surface area contributed by atoms with Gasteiger partial charge in [-0.15, -0.1) is 0 Å². The van der Waals surface area contributed by atoms with Crippen LogP contribution in [0.3, 0.4) is 0 Å². The molecule has 138 valence electrons. The molecule has 0 aromatic heterocycles. The van der Waals surface area contributed by atoms with Crippen LogP contribution in [0.1, 0.15) is 28.8 Å². The van der Waals surface area contributed by atoms with Crippen molar-refractivity contribution < 1.29 is 13.2 Å². The largest absolute Gasteiger partial charge is 0.350 e. The number of hydrogen-bond acceptors (Lipinski definition) is 4. The Morgan fingerprint density at radius 1 is 1.15 bits per heavy atom. The van der Waals surface area contributed by atoms with Gasteiger partial charge in [0.05, 0.1) is 16.1 Å². The zero-order valence-electron chi connectivity index (χ0n) is 14.7. The summed E-state index contributed by atoms with van der Waals surface area (Å²) >= 11 is 0. The van der Waals surface area contributed by atoms with E-state index in [1.165, 1.54) is 0 Å². The summed E-state index contributed by atoms with van der Waals surface area (Å²) in [6, 6.07) is 13.5. The average molecular weight is 373 g/mol. The van der Waals surface area contributed by atoms with Crippen molar-refractivity contribution in [2.45, 2.75) is 30.7 Å². The molecule has 1 atom stereocenters. The summed E-state index contributed by atoms with van der Waals surface area (Å²) in [6.45, 7) is 3.38. The molecule has 2 aromatic carbocycles. The molecule has 2 aromatic rings. The quantitative estimate of drug-likeness (QED) is 0.725. The Balaban J connectivity index is 1.75. The average Bonchev–Trinajstić information content (AvgIpc) is 3.14. The Labute approximate surface area is 154 Å². The van der Waals surface area contributed by atoms with Crippen molar-refractivity contribution >= 4 is 21.6 Å². The van der Waals surface area contributed by atoms with Gasteiger partial charge in [0, 0.05) is 12.6 Å². The maximum atomic E-state index is 12.6. The second-order valence-corrected chi connectivity index (χ2v) is 8.15. The molecule has 1 aliphatic rings. The molecule has 1 aliphatic heterocycles. The lowest BCUT2D eigenvalue weighted by atomic mass is 10.1. The van der Waals surface area contributed by atoms with Gasteiger partial charge in [-0.3, -0.25) is 9.52 Å². The monoisotopic (exact) mass is 373 g/mol. The van der Waals surface area contributed by atoms with Gasteiger partial charge in [-0.2, -0.15) is 0 Å². The number of sulfonamides is 1. The molecule has 1 fully saturated rings. The Hall–Kier alpha value is -2.38. The van der Waals surface area contributed by atoms with Crippen molar-refractivity contribution in [2.24, 2.45) is 0 Å². The first-order valence-corrected chi connectivity index (χ1v) is 10.1. The Morgan fingerprint density at radius 2 is 1.88 bits per heavy atom. The van der Waals surface area contributed by atoms with Crippen molar-refractivity contribution in [3.05, 3.63) is 59.7 Å². The predicted molar refractivity (Wildman–Crippen MR) is 102 cm³/mol. The van der Waals surface area contributed by atoms with E-state index in [4.69, 9.17) is 0 Å². The van der Waals surface area contributed by atoms with E-state index in [0.29, 0.717) is 12.1 Å². The summed E-state index contributed by atoms with van der Waals surface area (Å²) in [4.78, 5) is 12.7. The number of benzene rings is 2. The maximum Gasteiger partial charge on any atom is 0.261 e. The standard InChI is InChI=1S/C19H23N3O3S/c1-14-8-10-16(11-9-14)26(24,25)22-18-7-3-2-6-17(18)19(23)21-13-15-5-4-12-20-15/h2-3,6-11,15,20,22H,4-5,12-13H2,1H3,(H,21,23)/t15-/m0/s1. The fraction of sp³-hybridized carbons (Fsp3) is 0.316. The first kappa shape index (κ1) is 18.4. The minimum absolute atomic E-state index is 0.161. The lowest BCUT2D eigenvalue weighted by Crippen LogP contribution is -2.37. The minimum atomic E-state index is -3.76. The van der Waals surface area contributed by atoms with Crippen LogP contribution in [0, 0.1) is 6.92 Å². The minimum Gasteiger partial charge on any atom is -0.350 e. The highest BCUT2D eigenvalue weighted by atomic mass is 32.2. The number of para-hydroxylation sites is 1. The van der Waals surface area contributed by atoms with Gasteiger partial charge in [-0.1, -0.05) is 29.8 Å². The molecule has 7 heteroatoms. The molecule has 0 spiro atoms. The SMILES string of the molecule is Cc1ccc(S(=O)(=O)Nc2ccccc2C(=O)NC[C@@H]2CCCN2)cc1. The number of nitrogens with one attached hydrogen (secondary N) is 3. The van der Waals surface area contributed by atoms with Crippen LogP contribution < -0.4 is 15.4 Å². The summed E-state index contributed by atoms with van der Waals surface area (Å²) < 4.78 is 27.7. The van der Waals surface area contributed by atoms with E-state index in [-0.39, 0.29) is 22.5 Å². The molecular weight excluding hydrogens is 350 g/mol. The van der Waals surface area contributed by atoms with Crippen molar-refractivity contribution in [3.63, 3.8) is 0 Å². The van der Waals surface area contributed by atoms with Gasteiger partial charge in [-0.05, 0) is 50.6 Å². The summed E-state index contributed by atoms with van der Waals surface area (Å²) in [5, 5.41) is 6.19. The first-order chi connectivity index (χ1) is 12.5. The number of amides is 1. The van der Waals surface area contributed by atoms with Crippen LogP contribution in [0.4, 0.5) is 5.69 Å². The second kappa shape index (κ2) is 7.88. The fourth-order valence-electron chi connectivity index (χ4n) is 2.93. The highest BCUT2D eigenvalue weighted by molar-refractivity contribution is 7.92. The summed E-state index contributed by atoms with van der Waals surface area (Å²) in [5.74, 6) is -0.291. The number of carbonyl (C=O) groups is 1. The molecule has 0 saturated carbocycles. The topological polar surface area (TPSA) is 87.3 Å². The van der Waals surface area contributed by atoms with Crippen LogP contribution in [-0.2, 0) is 10.0 Å². The fourth-order valence-corrected chi connectivity index (χ4v) is 4.01. The number of rotatable bonds is 6. The normalized spacial score (nSPS) is 17.0. The number of aryl methyl sites for hydroxylation is 1. The number of hydrogen-bond donors (Lipinski definition) is 3. The van der Waals surface area contributed by atoms with Crippen LogP contribution in [0.5, 0.6) is 0 Å². The van der Waals surface area contributed by atoms with Gasteiger partial charge < -0.3 is 10.6 Å². The van der Waals surface area contributed by atoms with Crippen LogP contribution in [0.2, 0.25) is 0 Å². The van der Waals surface area contributed by atoms with Gasteiger partial charge in [0.15, 0.2) is 0 Å². The van der Waals surface area contributed by atoms with Crippen LogP contribution in [-0.4, -0.2) is 33.5 Å². The highest BCUT2D eigenvalue weighted by Gasteiger charge is 2.20. The third-order valence-electron chi connectivity index (χ3n) is 4.42. The summed E-state index contributed by atoms with van der Waals surface area (Å²) in [6.07, 6.45) is 2.13. The molecule has 0 bridgehead atoms. The van der Waals surface area contributed by atoms with E-state index in [0.717, 1.165) is 24.9 Å².